The van der Waals surface area contributed by atoms with Crippen molar-refractivity contribution in [1.82, 2.24) is 19.8 Å². The van der Waals surface area contributed by atoms with E-state index in [1.54, 1.807) is 11.9 Å². The van der Waals surface area contributed by atoms with E-state index >= 15 is 0 Å². The van der Waals surface area contributed by atoms with Gasteiger partial charge in [0.15, 0.2) is 16.5 Å². The molecule has 200 valence electrons. The number of nitrogens with two attached hydrogens (primary N) is 1. The average Bonchev–Trinajstić information content (AvgIpc) is 3.35. The maximum Gasteiger partial charge on any atom is 0.278 e. The summed E-state index contributed by atoms with van der Waals surface area (Å²) in [5.41, 5.74) is 4.05. The third-order valence-electron chi connectivity index (χ3n) is 7.60. The van der Waals surface area contributed by atoms with Crippen LogP contribution >= 0.6 is 11.3 Å². The van der Waals surface area contributed by atoms with Gasteiger partial charge in [-0.15, -0.1) is 10.2 Å². The Morgan fingerprint density at radius 3 is 2.58 bits per heavy atom. The molecule has 2 amide bonds. The van der Waals surface area contributed by atoms with E-state index in [0.29, 0.717) is 37.2 Å². The molecule has 1 aromatic carbocycles. The highest BCUT2D eigenvalue weighted by molar-refractivity contribution is 7.14. The summed E-state index contributed by atoms with van der Waals surface area (Å²) in [4.78, 5) is 40.1. The van der Waals surface area contributed by atoms with E-state index in [2.05, 4.69) is 10.2 Å². The van der Waals surface area contributed by atoms with Crippen molar-refractivity contribution in [3.8, 4) is 16.3 Å². The number of pyridine rings is 1. The smallest absolute Gasteiger partial charge is 0.278 e. The molecule has 3 aromatic rings. The second-order valence-corrected chi connectivity index (χ2v) is 10.6. The molecule has 13 heteroatoms. The van der Waals surface area contributed by atoms with Crippen LogP contribution in [0.1, 0.15) is 53.7 Å². The van der Waals surface area contributed by atoms with Gasteiger partial charge in [0.25, 0.3) is 5.91 Å². The molecule has 2 aliphatic rings. The van der Waals surface area contributed by atoms with E-state index in [0.717, 1.165) is 23.5 Å². The molecule has 2 aromatic heterocycles. The van der Waals surface area contributed by atoms with Crippen LogP contribution in [0, 0.1) is 17.6 Å². The molecule has 1 spiro atoms. The first-order valence-electron chi connectivity index (χ1n) is 12.2. The van der Waals surface area contributed by atoms with Gasteiger partial charge in [-0.3, -0.25) is 24.1 Å². The van der Waals surface area contributed by atoms with Crippen LogP contribution in [-0.4, -0.2) is 55.9 Å². The lowest BCUT2D eigenvalue weighted by molar-refractivity contribution is -0.123. The molecule has 5 rings (SSSR count). The minimum atomic E-state index is -0.782. The zero-order valence-electron chi connectivity index (χ0n) is 20.8. The minimum absolute atomic E-state index is 0.0279. The van der Waals surface area contributed by atoms with Crippen LogP contribution < -0.4 is 16.2 Å². The predicted molar refractivity (Wildman–Crippen MR) is 135 cm³/mol. The van der Waals surface area contributed by atoms with Crippen molar-refractivity contribution in [2.24, 2.45) is 11.7 Å². The number of carbonyl (C=O) groups excluding carboxylic acids is 2. The van der Waals surface area contributed by atoms with Gasteiger partial charge in [-0.1, -0.05) is 17.4 Å². The van der Waals surface area contributed by atoms with Gasteiger partial charge in [0, 0.05) is 38.2 Å². The molecule has 0 bridgehead atoms. The number of primary amides is 1. The molecule has 1 saturated carbocycles. The number of fused-ring (bicyclic) bond motifs is 1. The van der Waals surface area contributed by atoms with Crippen LogP contribution in [0.15, 0.2) is 29.2 Å². The van der Waals surface area contributed by atoms with E-state index in [-0.39, 0.29) is 40.1 Å². The van der Waals surface area contributed by atoms with Gasteiger partial charge in [-0.2, -0.15) is 0 Å². The number of hydrogen-bond donors (Lipinski definition) is 2. The largest absolute Gasteiger partial charge is 0.502 e. The summed E-state index contributed by atoms with van der Waals surface area (Å²) < 4.78 is 28.8. The maximum absolute atomic E-state index is 14.1. The van der Waals surface area contributed by atoms with E-state index < -0.39 is 34.4 Å². The zero-order valence-corrected chi connectivity index (χ0v) is 21.6. The molecule has 1 fully saturated rings. The fraction of sp³-hybridized carbons (Fsp3) is 0.400. The molecule has 0 unspecified atom stereocenters. The van der Waals surface area contributed by atoms with E-state index in [9.17, 15) is 28.3 Å². The van der Waals surface area contributed by atoms with E-state index in [1.807, 2.05) is 11.9 Å². The summed E-state index contributed by atoms with van der Waals surface area (Å²) in [5, 5.41) is 21.4. The fourth-order valence-electron chi connectivity index (χ4n) is 5.53. The first-order valence-corrected chi connectivity index (χ1v) is 13.0. The Kier molecular flexibility index (Phi) is 6.41. The second-order valence-electron chi connectivity index (χ2n) is 9.56. The lowest BCUT2D eigenvalue weighted by atomic mass is 9.79. The standard InChI is InChI=1S/C25H26F2N6O4S/c1-3-32-24(37)19-21(35)20(34)16(12-33(19)31(2)25(32)8-6-13(7-9-25)22(28)36)23-30-29-18(38-23)10-14-4-5-15(26)11-17(14)27/h4-5,11-13,35H,3,6-10H2,1-2H3,(H2,28,36). The van der Waals surface area contributed by atoms with Crippen molar-refractivity contribution in [3.63, 3.8) is 0 Å². The highest BCUT2D eigenvalue weighted by atomic mass is 32.1. The molecule has 3 N–H and O–H groups in total. The first-order chi connectivity index (χ1) is 18.1. The summed E-state index contributed by atoms with van der Waals surface area (Å²) in [6, 6.07) is 3.25. The second kappa shape index (κ2) is 9.46. The number of benzene rings is 1. The monoisotopic (exact) mass is 544 g/mol. The third kappa shape index (κ3) is 4.01. The van der Waals surface area contributed by atoms with Crippen LogP contribution in [0.2, 0.25) is 0 Å². The Bertz CT molecular complexity index is 1500. The molecule has 0 radical (unpaired) electrons. The number of aromatic hydroxyl groups is 1. The van der Waals surface area contributed by atoms with Crippen molar-refractivity contribution < 1.29 is 23.5 Å². The van der Waals surface area contributed by atoms with Crippen LogP contribution in [0.5, 0.6) is 5.75 Å². The maximum atomic E-state index is 14.1. The lowest BCUT2D eigenvalue weighted by Crippen LogP contribution is -2.70. The topological polar surface area (TPSA) is 135 Å². The van der Waals surface area contributed by atoms with Gasteiger partial charge in [0.1, 0.15) is 22.3 Å². The number of nitrogens with zero attached hydrogens (tertiary/aromatic N) is 5. The third-order valence-corrected chi connectivity index (χ3v) is 8.56. The Morgan fingerprint density at radius 2 is 1.95 bits per heavy atom. The van der Waals surface area contributed by atoms with Crippen LogP contribution in [0.3, 0.4) is 0 Å². The van der Waals surface area contributed by atoms with Gasteiger partial charge < -0.3 is 15.7 Å². The van der Waals surface area contributed by atoms with E-state index in [4.69, 9.17) is 5.73 Å². The molecule has 1 aliphatic heterocycles. The van der Waals surface area contributed by atoms with Crippen molar-refractivity contribution in [3.05, 3.63) is 62.5 Å². The van der Waals surface area contributed by atoms with Gasteiger partial charge >= 0.3 is 0 Å². The molecule has 38 heavy (non-hydrogen) atoms. The summed E-state index contributed by atoms with van der Waals surface area (Å²) in [7, 11) is 1.76. The summed E-state index contributed by atoms with van der Waals surface area (Å²) in [6.07, 6.45) is 3.44. The number of aromatic nitrogens is 3. The average molecular weight is 545 g/mol. The molecule has 10 nitrogen and oxygen atoms in total. The normalized spacial score (nSPS) is 21.2. The summed E-state index contributed by atoms with van der Waals surface area (Å²) in [5.74, 6) is -3.26. The fourth-order valence-corrected chi connectivity index (χ4v) is 6.40. The van der Waals surface area contributed by atoms with Gasteiger partial charge in [-0.25, -0.2) is 8.78 Å². The molecule has 3 heterocycles. The zero-order chi connectivity index (χ0) is 27.4. The SMILES string of the molecule is CCN1C(=O)c2c(O)c(=O)c(-c3nnc(Cc4ccc(F)cc4F)s3)cn2N(C)C12CCC(C(N)=O)CC2. The van der Waals surface area contributed by atoms with E-state index in [1.165, 1.54) is 16.9 Å². The quantitative estimate of drug-likeness (QED) is 0.504. The van der Waals surface area contributed by atoms with Crippen molar-refractivity contribution in [1.29, 1.82) is 0 Å². The molecule has 1 aliphatic carbocycles. The number of carbonyl (C=O) groups is 2. The van der Waals surface area contributed by atoms with Gasteiger partial charge in [0.2, 0.25) is 11.3 Å². The Labute approximate surface area is 220 Å². The predicted octanol–water partition coefficient (Wildman–Crippen LogP) is 2.36. The minimum Gasteiger partial charge on any atom is -0.502 e. The Morgan fingerprint density at radius 1 is 1.24 bits per heavy atom. The molecular weight excluding hydrogens is 518 g/mol. The van der Waals surface area contributed by atoms with Crippen molar-refractivity contribution >= 4 is 23.2 Å². The van der Waals surface area contributed by atoms with Crippen LogP contribution in [-0.2, 0) is 11.2 Å². The molecule has 0 saturated heterocycles. The van der Waals surface area contributed by atoms with Gasteiger partial charge in [0.05, 0.1) is 5.56 Å². The van der Waals surface area contributed by atoms with Gasteiger partial charge in [-0.05, 0) is 44.2 Å². The number of amides is 2. The highest BCUT2D eigenvalue weighted by Crippen LogP contribution is 2.42. The number of halogens is 2. The highest BCUT2D eigenvalue weighted by Gasteiger charge is 2.51. The molecular formula is C25H26F2N6O4S. The summed E-state index contributed by atoms with van der Waals surface area (Å²) in [6.45, 7) is 2.15. The number of hydrogen-bond acceptors (Lipinski definition) is 8. The summed E-state index contributed by atoms with van der Waals surface area (Å²) >= 11 is 1.03. The van der Waals surface area contributed by atoms with Crippen molar-refractivity contribution in [2.45, 2.75) is 44.7 Å². The molecule has 0 atom stereocenters. The Balaban J connectivity index is 1.54. The number of rotatable bonds is 5. The Hall–Kier alpha value is -3.87. The lowest BCUT2D eigenvalue weighted by Gasteiger charge is -2.56. The van der Waals surface area contributed by atoms with Crippen LogP contribution in [0.25, 0.3) is 10.6 Å². The van der Waals surface area contributed by atoms with Crippen LogP contribution in [0.4, 0.5) is 8.78 Å². The van der Waals surface area contributed by atoms with Crippen molar-refractivity contribution in [2.75, 3.05) is 18.6 Å². The first kappa shape index (κ1) is 25.8.